The Kier molecular flexibility index (Phi) is 7.64. The van der Waals surface area contributed by atoms with Crippen molar-refractivity contribution in [3.63, 3.8) is 0 Å². The third kappa shape index (κ3) is 5.52. The zero-order valence-corrected chi connectivity index (χ0v) is 12.1. The summed E-state index contributed by atoms with van der Waals surface area (Å²) < 4.78 is 0. The molecule has 0 aliphatic heterocycles. The van der Waals surface area contributed by atoms with Gasteiger partial charge in [0.2, 0.25) is 5.91 Å². The molecular formula is C14H23ClN2O. The first-order chi connectivity index (χ1) is 8.00. The van der Waals surface area contributed by atoms with E-state index < -0.39 is 6.04 Å². The molecule has 3 N–H and O–H groups in total. The van der Waals surface area contributed by atoms with Gasteiger partial charge in [-0.15, -0.1) is 12.4 Å². The standard InChI is InChI=1S/C14H22N2O.ClH/c1-10(2)8-9-16-14(17)13(15)12-6-4-11(3)5-7-12;/h4-7,10,13H,8-9,15H2,1-3H3,(H,16,17);1H. The summed E-state index contributed by atoms with van der Waals surface area (Å²) in [4.78, 5) is 11.8. The molecule has 0 spiro atoms. The molecule has 0 aromatic heterocycles. The van der Waals surface area contributed by atoms with Crippen LogP contribution in [0.25, 0.3) is 0 Å². The number of carbonyl (C=O) groups is 1. The Hall–Kier alpha value is -1.06. The van der Waals surface area contributed by atoms with E-state index in [1.807, 2.05) is 31.2 Å². The van der Waals surface area contributed by atoms with Crippen LogP contribution in [-0.4, -0.2) is 12.5 Å². The first kappa shape index (κ1) is 16.9. The molecular weight excluding hydrogens is 248 g/mol. The summed E-state index contributed by atoms with van der Waals surface area (Å²) in [5, 5.41) is 2.86. The van der Waals surface area contributed by atoms with Gasteiger partial charge < -0.3 is 11.1 Å². The van der Waals surface area contributed by atoms with Crippen molar-refractivity contribution in [2.24, 2.45) is 11.7 Å². The lowest BCUT2D eigenvalue weighted by molar-refractivity contribution is -0.122. The van der Waals surface area contributed by atoms with Crippen LogP contribution in [0, 0.1) is 12.8 Å². The number of aryl methyl sites for hydroxylation is 1. The van der Waals surface area contributed by atoms with Gasteiger partial charge in [0.25, 0.3) is 0 Å². The van der Waals surface area contributed by atoms with Gasteiger partial charge in [0.05, 0.1) is 0 Å². The number of amides is 1. The Morgan fingerprint density at radius 3 is 2.33 bits per heavy atom. The largest absolute Gasteiger partial charge is 0.354 e. The fourth-order valence-electron chi connectivity index (χ4n) is 1.52. The van der Waals surface area contributed by atoms with Crippen LogP contribution in [0.2, 0.25) is 0 Å². The number of rotatable bonds is 5. The predicted molar refractivity (Wildman–Crippen MR) is 77.8 cm³/mol. The fraction of sp³-hybridized carbons (Fsp3) is 0.500. The molecule has 0 radical (unpaired) electrons. The number of halogens is 1. The molecule has 1 unspecified atom stereocenters. The monoisotopic (exact) mass is 270 g/mol. The van der Waals surface area contributed by atoms with E-state index in [1.165, 1.54) is 5.56 Å². The number of nitrogens with two attached hydrogens (primary N) is 1. The number of hydrogen-bond donors (Lipinski definition) is 2. The molecule has 3 nitrogen and oxygen atoms in total. The second kappa shape index (κ2) is 8.11. The summed E-state index contributed by atoms with van der Waals surface area (Å²) in [7, 11) is 0. The normalized spacial score (nSPS) is 11.8. The highest BCUT2D eigenvalue weighted by Gasteiger charge is 2.14. The van der Waals surface area contributed by atoms with E-state index in [2.05, 4.69) is 19.2 Å². The maximum atomic E-state index is 11.8. The fourth-order valence-corrected chi connectivity index (χ4v) is 1.52. The smallest absolute Gasteiger partial charge is 0.241 e. The molecule has 102 valence electrons. The van der Waals surface area contributed by atoms with Crippen molar-refractivity contribution in [3.8, 4) is 0 Å². The zero-order valence-electron chi connectivity index (χ0n) is 11.3. The number of nitrogens with one attached hydrogen (secondary N) is 1. The molecule has 0 saturated carbocycles. The average Bonchev–Trinajstić information content (AvgIpc) is 2.28. The van der Waals surface area contributed by atoms with Crippen LogP contribution in [0.4, 0.5) is 0 Å². The quantitative estimate of drug-likeness (QED) is 0.864. The van der Waals surface area contributed by atoms with E-state index in [9.17, 15) is 4.79 Å². The minimum atomic E-state index is -0.567. The van der Waals surface area contributed by atoms with Crippen molar-refractivity contribution in [2.45, 2.75) is 33.2 Å². The first-order valence-electron chi connectivity index (χ1n) is 6.10. The minimum absolute atomic E-state index is 0. The van der Waals surface area contributed by atoms with Crippen molar-refractivity contribution in [3.05, 3.63) is 35.4 Å². The molecule has 1 aromatic carbocycles. The highest BCUT2D eigenvalue weighted by Crippen LogP contribution is 2.11. The van der Waals surface area contributed by atoms with Gasteiger partial charge in [0.1, 0.15) is 6.04 Å². The molecule has 1 atom stereocenters. The zero-order chi connectivity index (χ0) is 12.8. The summed E-state index contributed by atoms with van der Waals surface area (Å²) in [6.07, 6.45) is 0.979. The van der Waals surface area contributed by atoms with E-state index in [4.69, 9.17) is 5.73 Å². The average molecular weight is 271 g/mol. The molecule has 0 aliphatic carbocycles. The van der Waals surface area contributed by atoms with Crippen LogP contribution >= 0.6 is 12.4 Å². The second-order valence-corrected chi connectivity index (χ2v) is 4.86. The maximum Gasteiger partial charge on any atom is 0.241 e. The molecule has 1 rings (SSSR count). The lowest BCUT2D eigenvalue weighted by Gasteiger charge is -2.13. The van der Waals surface area contributed by atoms with Crippen molar-refractivity contribution in [2.75, 3.05) is 6.54 Å². The number of carbonyl (C=O) groups excluding carboxylic acids is 1. The molecule has 0 heterocycles. The predicted octanol–water partition coefficient (Wildman–Crippen LogP) is 2.58. The Morgan fingerprint density at radius 2 is 1.83 bits per heavy atom. The summed E-state index contributed by atoms with van der Waals surface area (Å²) in [5.74, 6) is 0.486. The Bertz CT molecular complexity index is 363. The highest BCUT2D eigenvalue weighted by atomic mass is 35.5. The molecule has 0 aliphatic rings. The van der Waals surface area contributed by atoms with Gasteiger partial charge in [-0.05, 0) is 24.8 Å². The molecule has 4 heteroatoms. The lowest BCUT2D eigenvalue weighted by atomic mass is 10.1. The molecule has 0 bridgehead atoms. The third-order valence-electron chi connectivity index (χ3n) is 2.74. The first-order valence-corrected chi connectivity index (χ1v) is 6.10. The lowest BCUT2D eigenvalue weighted by Crippen LogP contribution is -2.35. The van der Waals surface area contributed by atoms with Gasteiger partial charge in [0.15, 0.2) is 0 Å². The minimum Gasteiger partial charge on any atom is -0.354 e. The Morgan fingerprint density at radius 1 is 1.28 bits per heavy atom. The second-order valence-electron chi connectivity index (χ2n) is 4.86. The van der Waals surface area contributed by atoms with E-state index in [0.717, 1.165) is 12.0 Å². The van der Waals surface area contributed by atoms with Gasteiger partial charge in [-0.25, -0.2) is 0 Å². The van der Waals surface area contributed by atoms with Crippen molar-refractivity contribution in [1.82, 2.24) is 5.32 Å². The van der Waals surface area contributed by atoms with E-state index in [-0.39, 0.29) is 18.3 Å². The maximum absolute atomic E-state index is 11.8. The van der Waals surface area contributed by atoms with E-state index in [1.54, 1.807) is 0 Å². The number of hydrogen-bond acceptors (Lipinski definition) is 2. The Labute approximate surface area is 116 Å². The van der Waals surface area contributed by atoms with E-state index >= 15 is 0 Å². The van der Waals surface area contributed by atoms with Crippen LogP contribution < -0.4 is 11.1 Å². The summed E-state index contributed by atoms with van der Waals surface area (Å²) in [6.45, 7) is 6.96. The molecule has 18 heavy (non-hydrogen) atoms. The van der Waals surface area contributed by atoms with Gasteiger partial charge in [-0.1, -0.05) is 43.7 Å². The molecule has 1 aromatic rings. The number of benzene rings is 1. The topological polar surface area (TPSA) is 55.1 Å². The van der Waals surface area contributed by atoms with Crippen molar-refractivity contribution >= 4 is 18.3 Å². The third-order valence-corrected chi connectivity index (χ3v) is 2.74. The van der Waals surface area contributed by atoms with Crippen LogP contribution in [0.5, 0.6) is 0 Å². The van der Waals surface area contributed by atoms with Gasteiger partial charge in [-0.2, -0.15) is 0 Å². The highest BCUT2D eigenvalue weighted by molar-refractivity contribution is 5.85. The van der Waals surface area contributed by atoms with Crippen molar-refractivity contribution < 1.29 is 4.79 Å². The summed E-state index contributed by atoms with van der Waals surface area (Å²) in [5.41, 5.74) is 7.92. The summed E-state index contributed by atoms with van der Waals surface area (Å²) >= 11 is 0. The van der Waals surface area contributed by atoms with Gasteiger partial charge in [0, 0.05) is 6.54 Å². The Balaban J connectivity index is 0.00000289. The van der Waals surface area contributed by atoms with Crippen LogP contribution in [0.15, 0.2) is 24.3 Å². The van der Waals surface area contributed by atoms with Crippen LogP contribution in [0.3, 0.4) is 0 Å². The SMILES string of the molecule is Cc1ccc(C(N)C(=O)NCCC(C)C)cc1.Cl. The molecule has 1 amide bonds. The van der Waals surface area contributed by atoms with Crippen LogP contribution in [-0.2, 0) is 4.79 Å². The molecule has 0 saturated heterocycles. The summed E-state index contributed by atoms with van der Waals surface area (Å²) in [6, 6.07) is 7.18. The van der Waals surface area contributed by atoms with Gasteiger partial charge >= 0.3 is 0 Å². The van der Waals surface area contributed by atoms with Crippen LogP contribution in [0.1, 0.15) is 37.4 Å². The van der Waals surface area contributed by atoms with Crippen molar-refractivity contribution in [1.29, 1.82) is 0 Å². The van der Waals surface area contributed by atoms with Gasteiger partial charge in [-0.3, -0.25) is 4.79 Å². The molecule has 0 fully saturated rings. The van der Waals surface area contributed by atoms with E-state index in [0.29, 0.717) is 12.5 Å².